The molecule has 3 rings (SSSR count). The average molecular weight is 392 g/mol. The Morgan fingerprint density at radius 2 is 0.750 bits per heavy atom. The van der Waals surface area contributed by atoms with E-state index in [1.54, 1.807) is 72.8 Å². The van der Waals surface area contributed by atoms with E-state index in [0.717, 1.165) is 0 Å². The molecule has 0 saturated carbocycles. The number of rotatable bonds is 6. The predicted molar refractivity (Wildman–Crippen MR) is 88.8 cm³/mol. The van der Waals surface area contributed by atoms with Gasteiger partial charge in [-0.05, 0) is 36.4 Å². The molecular formula is C18H15O4PZn. The van der Waals surface area contributed by atoms with Crippen LogP contribution in [0, 0.1) is 0 Å². The third-order valence-electron chi connectivity index (χ3n) is 2.88. The van der Waals surface area contributed by atoms with E-state index in [-0.39, 0.29) is 19.5 Å². The second-order valence-electron chi connectivity index (χ2n) is 4.66. The quantitative estimate of drug-likeness (QED) is 0.421. The third-order valence-corrected chi connectivity index (χ3v) is 4.18. The Bertz CT molecular complexity index is 674. The predicted octanol–water partition coefficient (Wildman–Crippen LogP) is 5.33. The van der Waals surface area contributed by atoms with Crippen molar-refractivity contribution in [2.75, 3.05) is 0 Å². The molecule has 0 aromatic heterocycles. The smallest absolute Gasteiger partial charge is 0.386 e. The van der Waals surface area contributed by atoms with Crippen LogP contribution in [0.5, 0.6) is 17.2 Å². The van der Waals surface area contributed by atoms with Crippen molar-refractivity contribution in [3.63, 3.8) is 0 Å². The van der Waals surface area contributed by atoms with Gasteiger partial charge >= 0.3 is 7.82 Å². The van der Waals surface area contributed by atoms with Crippen molar-refractivity contribution in [3.05, 3.63) is 91.0 Å². The Hall–Kier alpha value is -2.09. The molecule has 24 heavy (non-hydrogen) atoms. The molecule has 0 fully saturated rings. The number of phosphoric ester groups is 1. The molecule has 0 bridgehead atoms. The van der Waals surface area contributed by atoms with Crippen LogP contribution in [-0.4, -0.2) is 0 Å². The average Bonchev–Trinajstić information content (AvgIpc) is 2.57. The zero-order valence-electron chi connectivity index (χ0n) is 12.9. The Kier molecular flexibility index (Phi) is 6.60. The molecule has 0 radical (unpaired) electrons. The summed E-state index contributed by atoms with van der Waals surface area (Å²) in [5, 5.41) is 0. The summed E-state index contributed by atoms with van der Waals surface area (Å²) < 4.78 is 29.6. The van der Waals surface area contributed by atoms with Crippen molar-refractivity contribution in [2.45, 2.75) is 0 Å². The monoisotopic (exact) mass is 390 g/mol. The zero-order valence-corrected chi connectivity index (χ0v) is 16.8. The minimum Gasteiger partial charge on any atom is -0.386 e. The SMILES string of the molecule is O=P(Oc1ccccc1)(Oc1ccccc1)Oc1ccccc1.[Zn]. The van der Waals surface area contributed by atoms with Gasteiger partial charge in [0.1, 0.15) is 17.2 Å². The summed E-state index contributed by atoms with van der Waals surface area (Å²) in [6, 6.07) is 26.4. The fourth-order valence-corrected chi connectivity index (χ4v) is 3.14. The van der Waals surface area contributed by atoms with Gasteiger partial charge in [-0.25, -0.2) is 0 Å². The minimum atomic E-state index is -3.89. The summed E-state index contributed by atoms with van der Waals surface area (Å²) in [7, 11) is -3.89. The first-order valence-electron chi connectivity index (χ1n) is 7.07. The van der Waals surface area contributed by atoms with Crippen LogP contribution in [0.4, 0.5) is 0 Å². The second kappa shape index (κ2) is 8.68. The van der Waals surface area contributed by atoms with Gasteiger partial charge < -0.3 is 13.6 Å². The van der Waals surface area contributed by atoms with Gasteiger partial charge in [-0.1, -0.05) is 54.6 Å². The first kappa shape index (κ1) is 18.3. The normalized spacial score (nSPS) is 10.3. The van der Waals surface area contributed by atoms with E-state index < -0.39 is 7.82 Å². The number of hydrogen-bond donors (Lipinski definition) is 0. The van der Waals surface area contributed by atoms with Crippen molar-refractivity contribution >= 4 is 7.82 Å². The molecule has 0 saturated heterocycles. The summed E-state index contributed by atoms with van der Waals surface area (Å²) in [5.74, 6) is 1.22. The van der Waals surface area contributed by atoms with Crippen molar-refractivity contribution in [2.24, 2.45) is 0 Å². The van der Waals surface area contributed by atoms with Crippen molar-refractivity contribution in [3.8, 4) is 17.2 Å². The molecule has 0 N–H and O–H groups in total. The number of benzene rings is 3. The molecule has 0 aliphatic rings. The molecule has 3 aromatic carbocycles. The molecule has 0 heterocycles. The van der Waals surface area contributed by atoms with Gasteiger partial charge in [0.15, 0.2) is 0 Å². The van der Waals surface area contributed by atoms with E-state index in [1.165, 1.54) is 0 Å². The maximum atomic E-state index is 13.1. The first-order valence-corrected chi connectivity index (χ1v) is 8.54. The molecule has 4 nitrogen and oxygen atoms in total. The maximum absolute atomic E-state index is 13.1. The van der Waals surface area contributed by atoms with Gasteiger partial charge in [0.2, 0.25) is 0 Å². The Labute approximate surface area is 153 Å². The van der Waals surface area contributed by atoms with Gasteiger partial charge in [0.25, 0.3) is 0 Å². The summed E-state index contributed by atoms with van der Waals surface area (Å²) in [6.07, 6.45) is 0. The van der Waals surface area contributed by atoms with Crippen LogP contribution >= 0.6 is 7.82 Å². The van der Waals surface area contributed by atoms with Crippen LogP contribution in [0.3, 0.4) is 0 Å². The molecular weight excluding hydrogens is 377 g/mol. The molecule has 6 heteroatoms. The molecule has 118 valence electrons. The van der Waals surface area contributed by atoms with Crippen LogP contribution in [0.2, 0.25) is 0 Å². The van der Waals surface area contributed by atoms with Gasteiger partial charge in [-0.3, -0.25) is 0 Å². The molecule has 0 atom stereocenters. The molecule has 0 spiro atoms. The molecule has 3 aromatic rings. The van der Waals surface area contributed by atoms with Crippen LogP contribution in [0.25, 0.3) is 0 Å². The second-order valence-corrected chi connectivity index (χ2v) is 6.10. The van der Waals surface area contributed by atoms with Gasteiger partial charge in [-0.2, -0.15) is 4.57 Å². The Balaban J connectivity index is 0.00000208. The summed E-state index contributed by atoms with van der Waals surface area (Å²) in [5.41, 5.74) is 0. The molecule has 0 aliphatic heterocycles. The summed E-state index contributed by atoms with van der Waals surface area (Å²) >= 11 is 0. The Morgan fingerprint density at radius 1 is 0.500 bits per heavy atom. The standard InChI is InChI=1S/C18H15O4P.Zn/c19-23(20-16-10-4-1-5-11-16,21-17-12-6-2-7-13-17)22-18-14-8-3-9-15-18;/h1-15H;. The van der Waals surface area contributed by atoms with E-state index in [9.17, 15) is 4.57 Å². The topological polar surface area (TPSA) is 44.8 Å². The third kappa shape index (κ3) is 5.23. The fraction of sp³-hybridized carbons (Fsp3) is 0. The van der Waals surface area contributed by atoms with E-state index in [2.05, 4.69) is 0 Å². The van der Waals surface area contributed by atoms with Crippen LogP contribution in [0.1, 0.15) is 0 Å². The van der Waals surface area contributed by atoms with Crippen LogP contribution in [0.15, 0.2) is 91.0 Å². The fourth-order valence-electron chi connectivity index (χ4n) is 1.89. The number of para-hydroxylation sites is 3. The summed E-state index contributed by atoms with van der Waals surface area (Å²) in [4.78, 5) is 0. The van der Waals surface area contributed by atoms with Gasteiger partial charge in [0.05, 0.1) is 0 Å². The molecule has 0 amide bonds. The van der Waals surface area contributed by atoms with Crippen molar-refractivity contribution < 1.29 is 37.6 Å². The van der Waals surface area contributed by atoms with E-state index >= 15 is 0 Å². The number of phosphoric acid groups is 1. The number of hydrogen-bond acceptors (Lipinski definition) is 4. The maximum Gasteiger partial charge on any atom is 0.647 e. The van der Waals surface area contributed by atoms with E-state index in [0.29, 0.717) is 17.2 Å². The van der Waals surface area contributed by atoms with Crippen LogP contribution < -0.4 is 13.6 Å². The minimum absolute atomic E-state index is 0. The largest absolute Gasteiger partial charge is 0.647 e. The van der Waals surface area contributed by atoms with Crippen molar-refractivity contribution in [1.82, 2.24) is 0 Å². The van der Waals surface area contributed by atoms with E-state index in [4.69, 9.17) is 13.6 Å². The Morgan fingerprint density at radius 3 is 1.00 bits per heavy atom. The zero-order chi connectivity index (χ0) is 16.0. The van der Waals surface area contributed by atoms with Crippen molar-refractivity contribution in [1.29, 1.82) is 0 Å². The van der Waals surface area contributed by atoms with Gasteiger partial charge in [-0.15, -0.1) is 0 Å². The molecule has 0 unspecified atom stereocenters. The first-order chi connectivity index (χ1) is 11.2. The van der Waals surface area contributed by atoms with Crippen LogP contribution in [-0.2, 0) is 24.0 Å². The van der Waals surface area contributed by atoms with E-state index in [1.807, 2.05) is 18.2 Å². The summed E-state index contributed by atoms with van der Waals surface area (Å²) in [6.45, 7) is 0. The molecule has 0 aliphatic carbocycles. The van der Waals surface area contributed by atoms with Gasteiger partial charge in [0, 0.05) is 19.5 Å².